The molecule has 2 aliphatic heterocycles. The maximum absolute atomic E-state index is 12.7. The van der Waals surface area contributed by atoms with Gasteiger partial charge in [-0.05, 0) is 39.0 Å². The Hall–Kier alpha value is -1.26. The molecule has 20 heavy (non-hydrogen) atoms. The number of piperidine rings is 1. The number of hydrogen-bond acceptors (Lipinski definition) is 3. The topological polar surface area (TPSA) is 49.9 Å². The van der Waals surface area contributed by atoms with Crippen molar-refractivity contribution in [2.45, 2.75) is 57.9 Å². The van der Waals surface area contributed by atoms with Gasteiger partial charge in [0.25, 0.3) is 0 Å². The van der Waals surface area contributed by atoms with Crippen LogP contribution >= 0.6 is 0 Å². The number of urea groups is 1. The Bertz CT molecular complexity index is 338. The standard InChI is InChI=1S/C15H26N2O3/c1-2-20-14(18)13-9-5-8-12-17(13)15(19)16-10-6-3-4-7-11-16/h13H,2-12H2,1H3. The average Bonchev–Trinajstić information content (AvgIpc) is 2.76. The zero-order valence-electron chi connectivity index (χ0n) is 12.5. The molecule has 5 heteroatoms. The summed E-state index contributed by atoms with van der Waals surface area (Å²) in [4.78, 5) is 28.4. The molecule has 2 aliphatic rings. The van der Waals surface area contributed by atoms with Gasteiger partial charge in [0, 0.05) is 19.6 Å². The molecule has 0 saturated carbocycles. The molecule has 2 amide bonds. The Balaban J connectivity index is 2.02. The van der Waals surface area contributed by atoms with Gasteiger partial charge in [-0.2, -0.15) is 0 Å². The van der Waals surface area contributed by atoms with Gasteiger partial charge >= 0.3 is 12.0 Å². The van der Waals surface area contributed by atoms with Crippen LogP contribution in [0.1, 0.15) is 51.9 Å². The van der Waals surface area contributed by atoms with Crippen molar-refractivity contribution in [2.24, 2.45) is 0 Å². The molecule has 0 aromatic rings. The number of amides is 2. The van der Waals surface area contributed by atoms with Crippen LogP contribution in [0, 0.1) is 0 Å². The lowest BCUT2D eigenvalue weighted by Gasteiger charge is -2.37. The van der Waals surface area contributed by atoms with Crippen LogP contribution in [0.4, 0.5) is 4.79 Å². The van der Waals surface area contributed by atoms with Crippen molar-refractivity contribution < 1.29 is 14.3 Å². The molecule has 0 aliphatic carbocycles. The van der Waals surface area contributed by atoms with Gasteiger partial charge in [0.2, 0.25) is 0 Å². The fourth-order valence-electron chi connectivity index (χ4n) is 3.09. The minimum absolute atomic E-state index is 0.0321. The maximum atomic E-state index is 12.7. The maximum Gasteiger partial charge on any atom is 0.328 e. The zero-order chi connectivity index (χ0) is 14.4. The predicted molar refractivity (Wildman–Crippen MR) is 76.4 cm³/mol. The SMILES string of the molecule is CCOC(=O)C1CCCCN1C(=O)N1CCCCCC1. The van der Waals surface area contributed by atoms with E-state index in [1.165, 1.54) is 12.8 Å². The minimum Gasteiger partial charge on any atom is -0.464 e. The summed E-state index contributed by atoms with van der Waals surface area (Å²) in [6, 6.07) is -0.343. The summed E-state index contributed by atoms with van der Waals surface area (Å²) in [5.41, 5.74) is 0. The van der Waals surface area contributed by atoms with Gasteiger partial charge in [-0.3, -0.25) is 0 Å². The molecular weight excluding hydrogens is 256 g/mol. The number of carbonyl (C=O) groups is 2. The second-order valence-electron chi connectivity index (χ2n) is 5.64. The fourth-order valence-corrected chi connectivity index (χ4v) is 3.09. The molecule has 0 radical (unpaired) electrons. The molecular formula is C15H26N2O3. The zero-order valence-corrected chi connectivity index (χ0v) is 12.5. The van der Waals surface area contributed by atoms with E-state index in [-0.39, 0.29) is 18.0 Å². The monoisotopic (exact) mass is 282 g/mol. The van der Waals surface area contributed by atoms with Crippen LogP contribution in [0.25, 0.3) is 0 Å². The van der Waals surface area contributed by atoms with Crippen LogP contribution in [0.3, 0.4) is 0 Å². The molecule has 2 rings (SSSR count). The Labute approximate surface area is 121 Å². The van der Waals surface area contributed by atoms with E-state index in [0.717, 1.165) is 45.2 Å². The molecule has 2 heterocycles. The molecule has 5 nitrogen and oxygen atoms in total. The van der Waals surface area contributed by atoms with E-state index in [9.17, 15) is 9.59 Å². The predicted octanol–water partition coefficient (Wildman–Crippen LogP) is 2.40. The first-order valence-electron chi connectivity index (χ1n) is 7.96. The normalized spacial score (nSPS) is 24.1. The van der Waals surface area contributed by atoms with E-state index in [1.54, 1.807) is 4.90 Å². The van der Waals surface area contributed by atoms with Crippen molar-refractivity contribution in [1.29, 1.82) is 0 Å². The van der Waals surface area contributed by atoms with E-state index < -0.39 is 0 Å². The average molecular weight is 282 g/mol. The summed E-state index contributed by atoms with van der Waals surface area (Å²) >= 11 is 0. The van der Waals surface area contributed by atoms with Crippen LogP contribution < -0.4 is 0 Å². The van der Waals surface area contributed by atoms with Gasteiger partial charge in [-0.25, -0.2) is 9.59 Å². The summed E-state index contributed by atoms with van der Waals surface area (Å²) in [6.45, 7) is 4.51. The van der Waals surface area contributed by atoms with E-state index in [0.29, 0.717) is 13.2 Å². The first-order valence-corrected chi connectivity index (χ1v) is 7.96. The van der Waals surface area contributed by atoms with E-state index in [4.69, 9.17) is 4.74 Å². The highest BCUT2D eigenvalue weighted by Crippen LogP contribution is 2.21. The summed E-state index contributed by atoms with van der Waals surface area (Å²) < 4.78 is 5.12. The van der Waals surface area contributed by atoms with Crippen molar-refractivity contribution in [2.75, 3.05) is 26.2 Å². The highest BCUT2D eigenvalue weighted by molar-refractivity contribution is 5.84. The van der Waals surface area contributed by atoms with Crippen LogP contribution in [-0.2, 0) is 9.53 Å². The van der Waals surface area contributed by atoms with Gasteiger partial charge in [0.15, 0.2) is 0 Å². The third kappa shape index (κ3) is 3.64. The molecule has 2 saturated heterocycles. The Morgan fingerprint density at radius 2 is 1.65 bits per heavy atom. The van der Waals surface area contributed by atoms with Gasteiger partial charge in [-0.1, -0.05) is 12.8 Å². The number of rotatable bonds is 2. The molecule has 1 unspecified atom stereocenters. The highest BCUT2D eigenvalue weighted by Gasteiger charge is 2.35. The van der Waals surface area contributed by atoms with Crippen molar-refractivity contribution in [1.82, 2.24) is 9.80 Å². The van der Waals surface area contributed by atoms with Gasteiger partial charge in [0.05, 0.1) is 6.61 Å². The first-order chi connectivity index (χ1) is 9.74. The van der Waals surface area contributed by atoms with E-state index in [2.05, 4.69) is 0 Å². The van der Waals surface area contributed by atoms with Crippen LogP contribution in [0.2, 0.25) is 0 Å². The summed E-state index contributed by atoms with van der Waals surface area (Å²) in [6.07, 6.45) is 7.25. The highest BCUT2D eigenvalue weighted by atomic mass is 16.5. The summed E-state index contributed by atoms with van der Waals surface area (Å²) in [5, 5.41) is 0. The number of likely N-dealkylation sites (tertiary alicyclic amines) is 2. The molecule has 0 N–H and O–H groups in total. The van der Waals surface area contributed by atoms with Crippen molar-refractivity contribution >= 4 is 12.0 Å². The summed E-state index contributed by atoms with van der Waals surface area (Å²) in [7, 11) is 0. The second kappa shape index (κ2) is 7.50. The van der Waals surface area contributed by atoms with Crippen molar-refractivity contribution in [3.8, 4) is 0 Å². The number of carbonyl (C=O) groups excluding carboxylic acids is 2. The number of esters is 1. The van der Waals surface area contributed by atoms with Gasteiger partial charge < -0.3 is 14.5 Å². The molecule has 0 bridgehead atoms. The quantitative estimate of drug-likeness (QED) is 0.731. The molecule has 1 atom stereocenters. The van der Waals surface area contributed by atoms with Crippen molar-refractivity contribution in [3.05, 3.63) is 0 Å². The van der Waals surface area contributed by atoms with Crippen LogP contribution in [0.15, 0.2) is 0 Å². The molecule has 0 aromatic heterocycles. The molecule has 2 fully saturated rings. The largest absolute Gasteiger partial charge is 0.464 e. The van der Waals surface area contributed by atoms with Crippen molar-refractivity contribution in [3.63, 3.8) is 0 Å². The Kier molecular flexibility index (Phi) is 5.68. The van der Waals surface area contributed by atoms with Crippen LogP contribution in [-0.4, -0.2) is 54.1 Å². The molecule has 0 aromatic carbocycles. The fraction of sp³-hybridized carbons (Fsp3) is 0.867. The second-order valence-corrected chi connectivity index (χ2v) is 5.64. The lowest BCUT2D eigenvalue weighted by molar-refractivity contribution is -0.149. The molecule has 0 spiro atoms. The van der Waals surface area contributed by atoms with Gasteiger partial charge in [-0.15, -0.1) is 0 Å². The number of nitrogens with zero attached hydrogens (tertiary/aromatic N) is 2. The Morgan fingerprint density at radius 3 is 2.30 bits per heavy atom. The lowest BCUT2D eigenvalue weighted by atomic mass is 10.0. The van der Waals surface area contributed by atoms with E-state index in [1.807, 2.05) is 11.8 Å². The molecule has 114 valence electrons. The van der Waals surface area contributed by atoms with Gasteiger partial charge in [0.1, 0.15) is 6.04 Å². The smallest absolute Gasteiger partial charge is 0.328 e. The third-order valence-corrected chi connectivity index (χ3v) is 4.18. The number of ether oxygens (including phenoxy) is 1. The first kappa shape index (κ1) is 15.1. The minimum atomic E-state index is -0.376. The third-order valence-electron chi connectivity index (χ3n) is 4.18. The lowest BCUT2D eigenvalue weighted by Crippen LogP contribution is -2.53. The Morgan fingerprint density at radius 1 is 1.00 bits per heavy atom. The number of hydrogen-bond donors (Lipinski definition) is 0. The van der Waals surface area contributed by atoms with Crippen LogP contribution in [0.5, 0.6) is 0 Å². The van der Waals surface area contributed by atoms with E-state index >= 15 is 0 Å². The summed E-state index contributed by atoms with van der Waals surface area (Å²) in [5.74, 6) is -0.240.